The minimum atomic E-state index is -0.0931. The first-order valence-electron chi connectivity index (χ1n) is 13.8. The van der Waals surface area contributed by atoms with Crippen LogP contribution in [-0.4, -0.2) is 24.3 Å². The molecule has 9 rings (SSSR count). The summed E-state index contributed by atoms with van der Waals surface area (Å²) >= 11 is 1.50. The Bertz CT molecular complexity index is 2600. The molecule has 0 saturated heterocycles. The van der Waals surface area contributed by atoms with E-state index in [2.05, 4.69) is 6.07 Å². The minimum absolute atomic E-state index is 0.0931. The highest BCUT2D eigenvalue weighted by Gasteiger charge is 2.17. The van der Waals surface area contributed by atoms with Crippen LogP contribution < -0.4 is 5.56 Å². The van der Waals surface area contributed by atoms with Crippen LogP contribution >= 0.6 is 11.3 Å². The van der Waals surface area contributed by atoms with Crippen molar-refractivity contribution in [1.82, 2.24) is 24.3 Å². The van der Waals surface area contributed by atoms with Crippen LogP contribution in [-0.2, 0) is 0 Å². The summed E-state index contributed by atoms with van der Waals surface area (Å²) in [5.74, 6) is 1.59. The Morgan fingerprint density at radius 1 is 0.558 bits per heavy atom. The third-order valence-electron chi connectivity index (χ3n) is 7.71. The highest BCUT2D eigenvalue weighted by molar-refractivity contribution is 7.23. The van der Waals surface area contributed by atoms with E-state index in [1.807, 2.05) is 109 Å². The van der Waals surface area contributed by atoms with Gasteiger partial charge in [-0.1, -0.05) is 78.1 Å². The fourth-order valence-electron chi connectivity index (χ4n) is 5.62. The summed E-state index contributed by atoms with van der Waals surface area (Å²) in [6, 6.07) is 37.3. The van der Waals surface area contributed by atoms with E-state index >= 15 is 0 Å². The molecule has 0 bridgehead atoms. The molecule has 0 saturated carbocycles. The Morgan fingerprint density at radius 3 is 2.05 bits per heavy atom. The molecule has 7 nitrogen and oxygen atoms in total. The Kier molecular flexibility index (Phi) is 5.08. The lowest BCUT2D eigenvalue weighted by molar-refractivity contribution is 0.669. The molecule has 0 aliphatic rings. The molecule has 202 valence electrons. The third kappa shape index (κ3) is 3.77. The second-order valence-electron chi connectivity index (χ2n) is 10.3. The number of hydrogen-bond donors (Lipinski definition) is 0. The van der Waals surface area contributed by atoms with E-state index < -0.39 is 0 Å². The quantitative estimate of drug-likeness (QED) is 0.212. The normalized spacial score (nSPS) is 11.8. The highest BCUT2D eigenvalue weighted by atomic mass is 32.1. The van der Waals surface area contributed by atoms with Crippen molar-refractivity contribution in [2.75, 3.05) is 0 Å². The lowest BCUT2D eigenvalue weighted by Gasteiger charge is -2.08. The van der Waals surface area contributed by atoms with Crippen molar-refractivity contribution < 1.29 is 4.42 Å². The molecule has 0 amide bonds. The average molecular weight is 574 g/mol. The Balaban J connectivity index is 1.26. The molecule has 5 aromatic carbocycles. The Hall–Kier alpha value is -5.73. The van der Waals surface area contributed by atoms with Crippen LogP contribution in [0.5, 0.6) is 0 Å². The molecule has 4 aromatic heterocycles. The second-order valence-corrected chi connectivity index (χ2v) is 11.3. The number of rotatable bonds is 3. The first kappa shape index (κ1) is 23.9. The number of para-hydroxylation sites is 1. The Morgan fingerprint density at radius 2 is 1.21 bits per heavy atom. The fraction of sp³-hybridized carbons (Fsp3) is 0. The number of nitrogens with zero attached hydrogens (tertiary/aromatic N) is 5. The number of fused-ring (bicyclic) bond motifs is 7. The van der Waals surface area contributed by atoms with Crippen molar-refractivity contribution in [3.8, 4) is 34.2 Å². The van der Waals surface area contributed by atoms with E-state index in [-0.39, 0.29) is 5.56 Å². The summed E-state index contributed by atoms with van der Waals surface area (Å²) in [5.41, 5.74) is 5.42. The number of imidazole rings is 1. The van der Waals surface area contributed by atoms with Gasteiger partial charge < -0.3 is 4.42 Å². The molecule has 0 spiro atoms. The van der Waals surface area contributed by atoms with Crippen LogP contribution in [0.15, 0.2) is 124 Å². The van der Waals surface area contributed by atoms with Crippen molar-refractivity contribution >= 4 is 59.4 Å². The zero-order valence-electron chi connectivity index (χ0n) is 22.4. The van der Waals surface area contributed by atoms with Crippen molar-refractivity contribution in [3.05, 3.63) is 126 Å². The van der Waals surface area contributed by atoms with Crippen LogP contribution in [0.4, 0.5) is 0 Å². The lowest BCUT2D eigenvalue weighted by atomic mass is 10.1. The SMILES string of the molecule is O=c1c2ccccc2sc2nc3ccc(-c4nc(-c5ccccc5)nc(-c5ccc6c(c5)oc5ccccc56)n4)cc3n12. The van der Waals surface area contributed by atoms with Gasteiger partial charge in [0.2, 0.25) is 0 Å². The third-order valence-corrected chi connectivity index (χ3v) is 8.74. The summed E-state index contributed by atoms with van der Waals surface area (Å²) < 4.78 is 8.75. The smallest absolute Gasteiger partial charge is 0.266 e. The first-order valence-corrected chi connectivity index (χ1v) is 14.6. The van der Waals surface area contributed by atoms with Gasteiger partial charge in [-0.15, -0.1) is 0 Å². The molecule has 0 fully saturated rings. The monoisotopic (exact) mass is 573 g/mol. The summed E-state index contributed by atoms with van der Waals surface area (Å²) in [6.45, 7) is 0. The molecule has 0 radical (unpaired) electrons. The van der Waals surface area contributed by atoms with E-state index in [4.69, 9.17) is 24.4 Å². The summed E-state index contributed by atoms with van der Waals surface area (Å²) in [6.07, 6.45) is 0. The van der Waals surface area contributed by atoms with Crippen molar-refractivity contribution in [1.29, 1.82) is 0 Å². The largest absolute Gasteiger partial charge is 0.456 e. The molecule has 4 heterocycles. The fourth-order valence-corrected chi connectivity index (χ4v) is 6.65. The Labute approximate surface area is 247 Å². The van der Waals surface area contributed by atoms with Crippen molar-refractivity contribution in [2.45, 2.75) is 0 Å². The number of aromatic nitrogens is 5. The van der Waals surface area contributed by atoms with Gasteiger partial charge in [-0.05, 0) is 48.5 Å². The van der Waals surface area contributed by atoms with Gasteiger partial charge in [-0.25, -0.2) is 24.3 Å². The molecule has 0 atom stereocenters. The van der Waals surface area contributed by atoms with Crippen LogP contribution in [0, 0.1) is 0 Å². The van der Waals surface area contributed by atoms with E-state index in [1.165, 1.54) is 11.3 Å². The summed E-state index contributed by atoms with van der Waals surface area (Å²) in [7, 11) is 0. The minimum Gasteiger partial charge on any atom is -0.456 e. The van der Waals surface area contributed by atoms with Gasteiger partial charge in [0.15, 0.2) is 22.4 Å². The van der Waals surface area contributed by atoms with E-state index in [9.17, 15) is 4.79 Å². The molecule has 0 unspecified atom stereocenters. The lowest BCUT2D eigenvalue weighted by Crippen LogP contribution is -2.11. The summed E-state index contributed by atoms with van der Waals surface area (Å²) in [5, 5.41) is 2.77. The number of furan rings is 1. The maximum Gasteiger partial charge on any atom is 0.266 e. The molecule has 9 aromatic rings. The molecular formula is C35H19N5O2S. The molecule has 0 N–H and O–H groups in total. The predicted octanol–water partition coefficient (Wildman–Crippen LogP) is 8.15. The molecule has 8 heteroatoms. The highest BCUT2D eigenvalue weighted by Crippen LogP contribution is 2.33. The predicted molar refractivity (Wildman–Crippen MR) is 171 cm³/mol. The van der Waals surface area contributed by atoms with Gasteiger partial charge in [0.25, 0.3) is 5.56 Å². The zero-order chi connectivity index (χ0) is 28.5. The number of hydrogen-bond acceptors (Lipinski definition) is 7. The zero-order valence-corrected chi connectivity index (χ0v) is 23.2. The van der Waals surface area contributed by atoms with Gasteiger partial charge in [0.05, 0.1) is 16.4 Å². The van der Waals surface area contributed by atoms with Gasteiger partial charge in [0, 0.05) is 32.2 Å². The average Bonchev–Trinajstić information content (AvgIpc) is 3.62. The van der Waals surface area contributed by atoms with E-state index in [0.29, 0.717) is 33.3 Å². The molecule has 0 aliphatic carbocycles. The van der Waals surface area contributed by atoms with Crippen LogP contribution in [0.3, 0.4) is 0 Å². The number of benzene rings is 5. The summed E-state index contributed by atoms with van der Waals surface area (Å²) in [4.78, 5) is 33.7. The van der Waals surface area contributed by atoms with Crippen LogP contribution in [0.1, 0.15) is 0 Å². The van der Waals surface area contributed by atoms with Crippen LogP contribution in [0.25, 0.3) is 82.2 Å². The van der Waals surface area contributed by atoms with Gasteiger partial charge in [-0.3, -0.25) is 4.79 Å². The first-order chi connectivity index (χ1) is 21.2. The maximum absolute atomic E-state index is 13.5. The molecular weight excluding hydrogens is 554 g/mol. The van der Waals surface area contributed by atoms with E-state index in [1.54, 1.807) is 4.40 Å². The van der Waals surface area contributed by atoms with E-state index in [0.717, 1.165) is 48.8 Å². The maximum atomic E-state index is 13.5. The topological polar surface area (TPSA) is 86.2 Å². The molecule has 0 aliphatic heterocycles. The van der Waals surface area contributed by atoms with Gasteiger partial charge in [0.1, 0.15) is 11.2 Å². The van der Waals surface area contributed by atoms with Gasteiger partial charge >= 0.3 is 0 Å². The van der Waals surface area contributed by atoms with Crippen molar-refractivity contribution in [3.63, 3.8) is 0 Å². The standard InChI is InChI=1S/C35H19N5O2S/c41-34-25-11-5-7-13-30(25)43-35-36-26-17-15-21(18-27(26)40(34)35)32-37-31(20-8-2-1-3-9-20)38-33(39-32)22-14-16-24-23-10-4-6-12-28(23)42-29(24)19-22/h1-19H. The van der Waals surface area contributed by atoms with Crippen LogP contribution in [0.2, 0.25) is 0 Å². The van der Waals surface area contributed by atoms with Gasteiger partial charge in [-0.2, -0.15) is 0 Å². The second kappa shape index (κ2) is 9.14. The molecule has 43 heavy (non-hydrogen) atoms. The van der Waals surface area contributed by atoms with Crippen molar-refractivity contribution in [2.24, 2.45) is 0 Å².